The van der Waals surface area contributed by atoms with Crippen LogP contribution in [0.15, 0.2) is 0 Å². The first-order valence-corrected chi connectivity index (χ1v) is 5.50. The van der Waals surface area contributed by atoms with E-state index in [4.69, 9.17) is 4.74 Å². The molecular formula is C11H22N2O2. The van der Waals surface area contributed by atoms with E-state index in [1.807, 2.05) is 13.8 Å². The lowest BCUT2D eigenvalue weighted by atomic mass is 10.0. The van der Waals surface area contributed by atoms with Gasteiger partial charge in [-0.2, -0.15) is 0 Å². The number of ether oxygens (including phenoxy) is 1. The average Bonchev–Trinajstić information content (AvgIpc) is 2.08. The quantitative estimate of drug-likeness (QED) is 0.664. The van der Waals surface area contributed by atoms with Crippen LogP contribution in [0.3, 0.4) is 0 Å². The highest BCUT2D eigenvalue weighted by atomic mass is 16.6. The Kier molecular flexibility index (Phi) is 3.60. The third-order valence-electron chi connectivity index (χ3n) is 2.91. The number of carbonyl (C=O) groups excluding carboxylic acids is 1. The van der Waals surface area contributed by atoms with Crippen molar-refractivity contribution in [1.82, 2.24) is 9.80 Å². The summed E-state index contributed by atoms with van der Waals surface area (Å²) in [5, 5.41) is 0. The highest BCUT2D eigenvalue weighted by Gasteiger charge is 2.33. The second-order valence-corrected chi connectivity index (χ2v) is 5.09. The molecule has 1 aliphatic rings. The van der Waals surface area contributed by atoms with Crippen LogP contribution in [0.4, 0.5) is 4.79 Å². The van der Waals surface area contributed by atoms with Gasteiger partial charge < -0.3 is 9.64 Å². The number of nitrogens with zero attached hydrogens (tertiary/aromatic N) is 2. The van der Waals surface area contributed by atoms with E-state index in [0.717, 1.165) is 19.6 Å². The van der Waals surface area contributed by atoms with Crippen molar-refractivity contribution in [3.05, 3.63) is 0 Å². The second-order valence-electron chi connectivity index (χ2n) is 5.09. The van der Waals surface area contributed by atoms with Crippen LogP contribution in [-0.2, 0) is 4.74 Å². The summed E-state index contributed by atoms with van der Waals surface area (Å²) in [7, 11) is 2.09. The van der Waals surface area contributed by atoms with Crippen molar-refractivity contribution >= 4 is 6.09 Å². The van der Waals surface area contributed by atoms with Crippen LogP contribution in [0.2, 0.25) is 0 Å². The van der Waals surface area contributed by atoms with Gasteiger partial charge in [0.1, 0.15) is 0 Å². The van der Waals surface area contributed by atoms with Gasteiger partial charge in [-0.25, -0.2) is 4.79 Å². The molecule has 1 saturated heterocycles. The molecule has 0 spiro atoms. The van der Waals surface area contributed by atoms with Crippen molar-refractivity contribution in [3.8, 4) is 0 Å². The molecule has 1 rings (SSSR count). The molecule has 4 heteroatoms. The number of amides is 1. The van der Waals surface area contributed by atoms with Crippen LogP contribution in [0.5, 0.6) is 0 Å². The Hall–Kier alpha value is -0.770. The SMILES string of the molecule is CC(C)OC(=O)N1CCN(C)C(C)(C)C1. The van der Waals surface area contributed by atoms with Gasteiger partial charge in [-0.15, -0.1) is 0 Å². The van der Waals surface area contributed by atoms with Gasteiger partial charge in [0.15, 0.2) is 0 Å². The number of carbonyl (C=O) groups is 1. The number of rotatable bonds is 1. The van der Waals surface area contributed by atoms with Gasteiger partial charge in [0.2, 0.25) is 0 Å². The molecule has 0 unspecified atom stereocenters. The van der Waals surface area contributed by atoms with Crippen molar-refractivity contribution < 1.29 is 9.53 Å². The van der Waals surface area contributed by atoms with Crippen LogP contribution in [0, 0.1) is 0 Å². The molecular weight excluding hydrogens is 192 g/mol. The summed E-state index contributed by atoms with van der Waals surface area (Å²) >= 11 is 0. The molecule has 0 radical (unpaired) electrons. The average molecular weight is 214 g/mol. The van der Waals surface area contributed by atoms with Crippen molar-refractivity contribution in [1.29, 1.82) is 0 Å². The maximum Gasteiger partial charge on any atom is 0.410 e. The van der Waals surface area contributed by atoms with Gasteiger partial charge in [0, 0.05) is 25.2 Å². The van der Waals surface area contributed by atoms with E-state index < -0.39 is 0 Å². The minimum atomic E-state index is -0.189. The monoisotopic (exact) mass is 214 g/mol. The minimum absolute atomic E-state index is 0.0360. The van der Waals surface area contributed by atoms with Gasteiger partial charge >= 0.3 is 6.09 Å². The zero-order chi connectivity index (χ0) is 11.6. The Morgan fingerprint density at radius 1 is 1.33 bits per heavy atom. The molecule has 0 aromatic carbocycles. The van der Waals surface area contributed by atoms with Crippen molar-refractivity contribution in [2.45, 2.75) is 39.3 Å². The van der Waals surface area contributed by atoms with E-state index in [1.54, 1.807) is 4.90 Å². The maximum absolute atomic E-state index is 11.7. The third-order valence-corrected chi connectivity index (χ3v) is 2.91. The lowest BCUT2D eigenvalue weighted by molar-refractivity contribution is 0.0183. The molecule has 4 nitrogen and oxygen atoms in total. The Morgan fingerprint density at radius 2 is 1.93 bits per heavy atom. The highest BCUT2D eigenvalue weighted by molar-refractivity contribution is 5.68. The topological polar surface area (TPSA) is 32.8 Å². The van der Waals surface area contributed by atoms with E-state index in [2.05, 4.69) is 25.8 Å². The molecule has 1 fully saturated rings. The molecule has 0 N–H and O–H groups in total. The van der Waals surface area contributed by atoms with Gasteiger partial charge in [0.25, 0.3) is 0 Å². The Balaban J connectivity index is 2.55. The molecule has 88 valence electrons. The van der Waals surface area contributed by atoms with E-state index in [1.165, 1.54) is 0 Å². The predicted molar refractivity (Wildman–Crippen MR) is 59.9 cm³/mol. The van der Waals surface area contributed by atoms with Crippen molar-refractivity contribution in [3.63, 3.8) is 0 Å². The first kappa shape index (κ1) is 12.3. The first-order chi connectivity index (χ1) is 6.83. The zero-order valence-electron chi connectivity index (χ0n) is 10.4. The van der Waals surface area contributed by atoms with Gasteiger partial charge in [-0.3, -0.25) is 4.90 Å². The predicted octanol–water partition coefficient (Wildman–Crippen LogP) is 1.56. The molecule has 0 atom stereocenters. The molecule has 1 heterocycles. The molecule has 0 aliphatic carbocycles. The smallest absolute Gasteiger partial charge is 0.410 e. The molecule has 0 aromatic heterocycles. The Bertz CT molecular complexity index is 239. The molecule has 0 bridgehead atoms. The molecule has 0 aromatic rings. The fourth-order valence-electron chi connectivity index (χ4n) is 1.67. The molecule has 1 aliphatic heterocycles. The van der Waals surface area contributed by atoms with E-state index in [-0.39, 0.29) is 17.7 Å². The van der Waals surface area contributed by atoms with E-state index in [0.29, 0.717) is 0 Å². The number of hydrogen-bond donors (Lipinski definition) is 0. The summed E-state index contributed by atoms with van der Waals surface area (Å²) in [6, 6.07) is 0. The largest absolute Gasteiger partial charge is 0.447 e. The Labute approximate surface area is 92.2 Å². The fraction of sp³-hybridized carbons (Fsp3) is 0.909. The van der Waals surface area contributed by atoms with Crippen LogP contribution in [0.1, 0.15) is 27.7 Å². The van der Waals surface area contributed by atoms with Crippen LogP contribution < -0.4 is 0 Å². The Morgan fingerprint density at radius 3 is 2.40 bits per heavy atom. The number of piperazine rings is 1. The number of hydrogen-bond acceptors (Lipinski definition) is 3. The lowest BCUT2D eigenvalue weighted by Gasteiger charge is -2.44. The highest BCUT2D eigenvalue weighted by Crippen LogP contribution is 2.19. The summed E-state index contributed by atoms with van der Waals surface area (Å²) in [6.45, 7) is 10.4. The molecule has 15 heavy (non-hydrogen) atoms. The first-order valence-electron chi connectivity index (χ1n) is 5.50. The third kappa shape index (κ3) is 3.09. The zero-order valence-corrected chi connectivity index (χ0v) is 10.4. The van der Waals surface area contributed by atoms with Crippen molar-refractivity contribution in [2.75, 3.05) is 26.7 Å². The van der Waals surface area contributed by atoms with Gasteiger partial charge in [-0.05, 0) is 34.7 Å². The standard InChI is InChI=1S/C11H22N2O2/c1-9(2)15-10(14)13-7-6-12(5)11(3,4)8-13/h9H,6-8H2,1-5H3. The second kappa shape index (κ2) is 4.39. The van der Waals surface area contributed by atoms with Crippen LogP contribution >= 0.6 is 0 Å². The normalized spacial score (nSPS) is 21.9. The van der Waals surface area contributed by atoms with Crippen LogP contribution in [-0.4, -0.2) is 54.2 Å². The minimum Gasteiger partial charge on any atom is -0.447 e. The fourth-order valence-corrected chi connectivity index (χ4v) is 1.67. The summed E-state index contributed by atoms with van der Waals surface area (Å²) in [5.41, 5.74) is 0.0360. The van der Waals surface area contributed by atoms with Gasteiger partial charge in [-0.1, -0.05) is 0 Å². The van der Waals surface area contributed by atoms with E-state index in [9.17, 15) is 4.79 Å². The van der Waals surface area contributed by atoms with Crippen molar-refractivity contribution in [2.24, 2.45) is 0 Å². The summed E-state index contributed by atoms with van der Waals surface area (Å²) in [6.07, 6.45) is -0.230. The van der Waals surface area contributed by atoms with Crippen LogP contribution in [0.25, 0.3) is 0 Å². The summed E-state index contributed by atoms with van der Waals surface area (Å²) in [4.78, 5) is 15.7. The summed E-state index contributed by atoms with van der Waals surface area (Å²) in [5.74, 6) is 0. The number of likely N-dealkylation sites (N-methyl/N-ethyl adjacent to an activating group) is 1. The van der Waals surface area contributed by atoms with E-state index >= 15 is 0 Å². The molecule has 0 saturated carbocycles. The maximum atomic E-state index is 11.7. The van der Waals surface area contributed by atoms with Gasteiger partial charge in [0.05, 0.1) is 6.10 Å². The summed E-state index contributed by atoms with van der Waals surface area (Å²) < 4.78 is 5.19. The molecule has 1 amide bonds. The lowest BCUT2D eigenvalue weighted by Crippen LogP contribution is -2.59.